The van der Waals surface area contributed by atoms with Crippen LogP contribution in [-0.4, -0.2) is 45.7 Å². The van der Waals surface area contributed by atoms with Gasteiger partial charge < -0.3 is 20.3 Å². The molecule has 102 valence electrons. The molecule has 0 atom stereocenters. The first-order valence-electron chi connectivity index (χ1n) is 6.42. The second-order valence-corrected chi connectivity index (χ2v) is 4.77. The highest BCUT2D eigenvalue weighted by Crippen LogP contribution is 2.25. The van der Waals surface area contributed by atoms with Crippen LogP contribution >= 0.6 is 0 Å². The van der Waals surface area contributed by atoms with Crippen molar-refractivity contribution in [3.8, 4) is 5.75 Å². The van der Waals surface area contributed by atoms with Crippen molar-refractivity contribution in [1.82, 2.24) is 4.90 Å². The summed E-state index contributed by atoms with van der Waals surface area (Å²) in [6.45, 7) is 4.73. The number of nitrogen functional groups attached to an aromatic ring is 1. The van der Waals surface area contributed by atoms with Crippen LogP contribution in [0.3, 0.4) is 0 Å². The Morgan fingerprint density at radius 1 is 1.11 bits per heavy atom. The molecule has 0 heterocycles. The molecule has 0 aliphatic rings. The van der Waals surface area contributed by atoms with E-state index >= 15 is 0 Å². The van der Waals surface area contributed by atoms with Crippen molar-refractivity contribution in [2.75, 3.05) is 51.5 Å². The highest BCUT2D eigenvalue weighted by atomic mass is 16.5. The van der Waals surface area contributed by atoms with Crippen molar-refractivity contribution in [2.24, 2.45) is 0 Å². The summed E-state index contributed by atoms with van der Waals surface area (Å²) < 4.78 is 5.51. The Kier molecular flexibility index (Phi) is 5.78. The molecule has 0 amide bonds. The second-order valence-electron chi connectivity index (χ2n) is 4.77. The molecule has 0 saturated heterocycles. The van der Waals surface area contributed by atoms with Gasteiger partial charge in [0, 0.05) is 37.1 Å². The van der Waals surface area contributed by atoms with E-state index in [1.165, 1.54) is 0 Å². The second kappa shape index (κ2) is 7.11. The molecule has 0 bridgehead atoms. The molecule has 0 aliphatic carbocycles. The average Bonchev–Trinajstić information content (AvgIpc) is 2.28. The first-order valence-corrected chi connectivity index (χ1v) is 6.42. The fraction of sp³-hybridized carbons (Fsp3) is 0.571. The SMILES string of the molecule is CCOc1cc(N)cc(N(C)CCCN(C)C)c1. The van der Waals surface area contributed by atoms with E-state index in [0.717, 1.165) is 36.6 Å². The summed E-state index contributed by atoms with van der Waals surface area (Å²) in [5.74, 6) is 0.840. The molecule has 4 nitrogen and oxygen atoms in total. The third-order valence-corrected chi connectivity index (χ3v) is 2.76. The maximum absolute atomic E-state index is 5.89. The van der Waals surface area contributed by atoms with E-state index in [1.807, 2.05) is 25.1 Å². The van der Waals surface area contributed by atoms with Crippen molar-refractivity contribution >= 4 is 11.4 Å². The van der Waals surface area contributed by atoms with Crippen LogP contribution in [0, 0.1) is 0 Å². The van der Waals surface area contributed by atoms with Gasteiger partial charge >= 0.3 is 0 Å². The van der Waals surface area contributed by atoms with Gasteiger partial charge in [-0.3, -0.25) is 0 Å². The van der Waals surface area contributed by atoms with Crippen LogP contribution in [0.5, 0.6) is 5.75 Å². The third-order valence-electron chi connectivity index (χ3n) is 2.76. The summed E-state index contributed by atoms with van der Waals surface area (Å²) in [5, 5.41) is 0. The molecular weight excluding hydrogens is 226 g/mol. The van der Waals surface area contributed by atoms with Crippen LogP contribution < -0.4 is 15.4 Å². The molecule has 1 aromatic carbocycles. The number of ether oxygens (including phenoxy) is 1. The van der Waals surface area contributed by atoms with Gasteiger partial charge in [-0.05, 0) is 40.1 Å². The summed E-state index contributed by atoms with van der Waals surface area (Å²) >= 11 is 0. The van der Waals surface area contributed by atoms with E-state index in [0.29, 0.717) is 6.61 Å². The zero-order valence-electron chi connectivity index (χ0n) is 11.9. The lowest BCUT2D eigenvalue weighted by Crippen LogP contribution is -2.23. The highest BCUT2D eigenvalue weighted by Gasteiger charge is 2.05. The first-order chi connectivity index (χ1) is 8.52. The van der Waals surface area contributed by atoms with E-state index in [9.17, 15) is 0 Å². The summed E-state index contributed by atoms with van der Waals surface area (Å²) in [6.07, 6.45) is 1.13. The smallest absolute Gasteiger partial charge is 0.123 e. The Hall–Kier alpha value is -1.42. The Morgan fingerprint density at radius 3 is 2.44 bits per heavy atom. The lowest BCUT2D eigenvalue weighted by atomic mass is 10.2. The van der Waals surface area contributed by atoms with Gasteiger partial charge in [0.05, 0.1) is 6.61 Å². The average molecular weight is 251 g/mol. The van der Waals surface area contributed by atoms with E-state index in [-0.39, 0.29) is 0 Å². The van der Waals surface area contributed by atoms with E-state index in [1.54, 1.807) is 0 Å². The number of nitrogens with zero attached hydrogens (tertiary/aromatic N) is 2. The minimum absolute atomic E-state index is 0.660. The topological polar surface area (TPSA) is 41.7 Å². The molecule has 1 rings (SSSR count). The number of hydrogen-bond acceptors (Lipinski definition) is 4. The van der Waals surface area contributed by atoms with Gasteiger partial charge in [-0.25, -0.2) is 0 Å². The lowest BCUT2D eigenvalue weighted by Gasteiger charge is -2.21. The fourth-order valence-electron chi connectivity index (χ4n) is 1.83. The summed E-state index contributed by atoms with van der Waals surface area (Å²) in [7, 11) is 6.27. The molecule has 0 aliphatic heterocycles. The van der Waals surface area contributed by atoms with Crippen LogP contribution in [0.15, 0.2) is 18.2 Å². The molecule has 2 N–H and O–H groups in total. The van der Waals surface area contributed by atoms with Gasteiger partial charge in [-0.15, -0.1) is 0 Å². The molecule has 0 aromatic heterocycles. The zero-order chi connectivity index (χ0) is 13.5. The quantitative estimate of drug-likeness (QED) is 0.753. The number of benzene rings is 1. The predicted molar refractivity (Wildman–Crippen MR) is 78.5 cm³/mol. The van der Waals surface area contributed by atoms with Crippen LogP contribution in [0.25, 0.3) is 0 Å². The number of hydrogen-bond donors (Lipinski definition) is 1. The fourth-order valence-corrected chi connectivity index (χ4v) is 1.83. The summed E-state index contributed by atoms with van der Waals surface area (Å²) in [5.41, 5.74) is 7.74. The molecule has 4 heteroatoms. The molecule has 0 spiro atoms. The van der Waals surface area contributed by atoms with Gasteiger partial charge in [0.15, 0.2) is 0 Å². The summed E-state index contributed by atoms with van der Waals surface area (Å²) in [6, 6.07) is 5.88. The molecule has 0 radical (unpaired) electrons. The molecule has 1 aromatic rings. The van der Waals surface area contributed by atoms with E-state index in [4.69, 9.17) is 10.5 Å². The Labute approximate surface area is 110 Å². The van der Waals surface area contributed by atoms with Crippen LogP contribution in [-0.2, 0) is 0 Å². The van der Waals surface area contributed by atoms with Crippen LogP contribution in [0.2, 0.25) is 0 Å². The van der Waals surface area contributed by atoms with Crippen molar-refractivity contribution in [1.29, 1.82) is 0 Å². The standard InChI is InChI=1S/C14H25N3O/c1-5-18-14-10-12(15)9-13(11-14)17(4)8-6-7-16(2)3/h9-11H,5-8,15H2,1-4H3. The number of rotatable bonds is 7. The maximum atomic E-state index is 5.89. The minimum atomic E-state index is 0.660. The van der Waals surface area contributed by atoms with Crippen molar-refractivity contribution in [2.45, 2.75) is 13.3 Å². The lowest BCUT2D eigenvalue weighted by molar-refractivity contribution is 0.340. The Morgan fingerprint density at radius 2 is 1.83 bits per heavy atom. The Bertz CT molecular complexity index is 366. The number of nitrogens with two attached hydrogens (primary N) is 1. The first kappa shape index (κ1) is 14.6. The van der Waals surface area contributed by atoms with Gasteiger partial charge in [-0.1, -0.05) is 0 Å². The van der Waals surface area contributed by atoms with Crippen molar-refractivity contribution in [3.05, 3.63) is 18.2 Å². The summed E-state index contributed by atoms with van der Waals surface area (Å²) in [4.78, 5) is 4.40. The van der Waals surface area contributed by atoms with Crippen molar-refractivity contribution in [3.63, 3.8) is 0 Å². The molecule has 0 fully saturated rings. The molecule has 0 unspecified atom stereocenters. The van der Waals surface area contributed by atoms with Crippen LogP contribution in [0.1, 0.15) is 13.3 Å². The Balaban J connectivity index is 2.63. The molecular formula is C14H25N3O. The zero-order valence-corrected chi connectivity index (χ0v) is 11.9. The van der Waals surface area contributed by atoms with Crippen LogP contribution in [0.4, 0.5) is 11.4 Å². The van der Waals surface area contributed by atoms with Gasteiger partial charge in [0.2, 0.25) is 0 Å². The minimum Gasteiger partial charge on any atom is -0.494 e. The molecule has 18 heavy (non-hydrogen) atoms. The third kappa shape index (κ3) is 4.84. The maximum Gasteiger partial charge on any atom is 0.123 e. The van der Waals surface area contributed by atoms with Crippen molar-refractivity contribution < 1.29 is 4.74 Å². The van der Waals surface area contributed by atoms with Gasteiger partial charge in [0.1, 0.15) is 5.75 Å². The largest absolute Gasteiger partial charge is 0.494 e. The monoisotopic (exact) mass is 251 g/mol. The van der Waals surface area contributed by atoms with Gasteiger partial charge in [0.25, 0.3) is 0 Å². The van der Waals surface area contributed by atoms with E-state index < -0.39 is 0 Å². The normalized spacial score (nSPS) is 10.7. The molecule has 0 saturated carbocycles. The van der Waals surface area contributed by atoms with E-state index in [2.05, 4.69) is 30.9 Å². The van der Waals surface area contributed by atoms with Gasteiger partial charge in [-0.2, -0.15) is 0 Å². The highest BCUT2D eigenvalue weighted by molar-refractivity contribution is 5.60. The predicted octanol–water partition coefficient (Wildman–Crippen LogP) is 2.06. The number of anilines is 2.